The summed E-state index contributed by atoms with van der Waals surface area (Å²) >= 11 is 0. The Morgan fingerprint density at radius 1 is 0.780 bits per heavy atom. The Hall–Kier alpha value is -4.83. The van der Waals surface area contributed by atoms with Crippen LogP contribution < -0.4 is 19.1 Å². The summed E-state index contributed by atoms with van der Waals surface area (Å²) in [7, 11) is -1.41. The highest BCUT2D eigenvalue weighted by Crippen LogP contribution is 2.33. The molecule has 0 heterocycles. The first-order chi connectivity index (χ1) is 24.0. The van der Waals surface area contributed by atoms with Crippen molar-refractivity contribution in [1.29, 1.82) is 0 Å². The Kier molecular flexibility index (Phi) is 11.8. The Bertz CT molecular complexity index is 1890. The molecule has 0 radical (unpaired) electrons. The third kappa shape index (κ3) is 8.84. The number of carbonyl (C=O) groups is 2. The summed E-state index contributed by atoms with van der Waals surface area (Å²) in [5.41, 5.74) is 4.77. The summed E-state index contributed by atoms with van der Waals surface area (Å²) < 4.78 is 41.1. The van der Waals surface area contributed by atoms with Gasteiger partial charge in [-0.15, -0.1) is 0 Å². The summed E-state index contributed by atoms with van der Waals surface area (Å²) in [6.45, 7) is 5.32. The highest BCUT2D eigenvalue weighted by atomic mass is 32.2. The predicted octanol–water partition coefficient (Wildman–Crippen LogP) is 6.52. The van der Waals surface area contributed by atoms with Crippen LogP contribution in [0.4, 0.5) is 5.69 Å². The van der Waals surface area contributed by atoms with E-state index in [0.29, 0.717) is 11.4 Å². The lowest BCUT2D eigenvalue weighted by Gasteiger charge is -2.34. The van der Waals surface area contributed by atoms with E-state index in [-0.39, 0.29) is 35.6 Å². The number of amides is 2. The van der Waals surface area contributed by atoms with Crippen LogP contribution in [-0.2, 0) is 32.6 Å². The first-order valence-electron chi connectivity index (χ1n) is 17.0. The molecule has 1 aliphatic carbocycles. The summed E-state index contributed by atoms with van der Waals surface area (Å²) in [4.78, 5) is 30.6. The number of carbonyl (C=O) groups excluding carboxylic acids is 2. The number of nitrogens with zero attached hydrogens (tertiary/aromatic N) is 2. The smallest absolute Gasteiger partial charge is 0.264 e. The molecule has 1 atom stereocenters. The van der Waals surface area contributed by atoms with E-state index in [1.807, 2.05) is 81.4 Å². The average Bonchev–Trinajstić information content (AvgIpc) is 3.61. The van der Waals surface area contributed by atoms with Crippen LogP contribution >= 0.6 is 0 Å². The maximum Gasteiger partial charge on any atom is 0.264 e. The van der Waals surface area contributed by atoms with Crippen molar-refractivity contribution in [3.8, 4) is 11.5 Å². The number of anilines is 1. The van der Waals surface area contributed by atoms with Crippen molar-refractivity contribution in [2.24, 2.45) is 0 Å². The van der Waals surface area contributed by atoms with Gasteiger partial charge in [-0.3, -0.25) is 13.9 Å². The van der Waals surface area contributed by atoms with Gasteiger partial charge in [0.05, 0.1) is 24.8 Å². The summed E-state index contributed by atoms with van der Waals surface area (Å²) in [5, 5.41) is 3.22. The first-order valence-corrected chi connectivity index (χ1v) is 18.4. The van der Waals surface area contributed by atoms with E-state index in [4.69, 9.17) is 9.47 Å². The van der Waals surface area contributed by atoms with E-state index in [1.54, 1.807) is 17.0 Å². The largest absolute Gasteiger partial charge is 0.493 e. The monoisotopic (exact) mass is 697 g/mol. The molecule has 4 aromatic rings. The van der Waals surface area contributed by atoms with Crippen molar-refractivity contribution >= 4 is 27.5 Å². The molecule has 0 spiro atoms. The van der Waals surface area contributed by atoms with Crippen LogP contribution in [0.2, 0.25) is 0 Å². The van der Waals surface area contributed by atoms with Crippen LogP contribution in [0.15, 0.2) is 95.9 Å². The molecule has 50 heavy (non-hydrogen) atoms. The van der Waals surface area contributed by atoms with Crippen LogP contribution in [0.5, 0.6) is 11.5 Å². The quantitative estimate of drug-likeness (QED) is 0.161. The standard InChI is InChI=1S/C40H47N3O6S/c1-28-12-11-15-32(21-28)26-42(36(24-31-13-7-6-8-14-31)40(45)41-33-16-9-10-17-33)39(44)27-43(34-22-29(2)20-30(3)23-34)50(46,47)35-18-19-37(48-4)38(25-35)49-5/h6-8,11-15,18-23,25,33,36H,9-10,16-17,24,26-27H2,1-5H3,(H,41,45)/t36-/m0/s1. The molecule has 0 aromatic heterocycles. The van der Waals surface area contributed by atoms with Crippen molar-refractivity contribution in [3.05, 3.63) is 119 Å². The highest BCUT2D eigenvalue weighted by Gasteiger charge is 2.36. The molecule has 5 rings (SSSR count). The number of aryl methyl sites for hydroxylation is 3. The van der Waals surface area contributed by atoms with Crippen molar-refractivity contribution in [1.82, 2.24) is 10.2 Å². The van der Waals surface area contributed by atoms with Gasteiger partial charge in [0.1, 0.15) is 12.6 Å². The lowest BCUT2D eigenvalue weighted by molar-refractivity contribution is -0.140. The molecule has 0 bridgehead atoms. The third-order valence-electron chi connectivity index (χ3n) is 9.12. The maximum atomic E-state index is 14.9. The van der Waals surface area contributed by atoms with Crippen LogP contribution in [0.1, 0.15) is 53.5 Å². The zero-order valence-electron chi connectivity index (χ0n) is 29.5. The van der Waals surface area contributed by atoms with Gasteiger partial charge < -0.3 is 19.7 Å². The third-order valence-corrected chi connectivity index (χ3v) is 10.9. The van der Waals surface area contributed by atoms with Crippen LogP contribution in [0, 0.1) is 20.8 Å². The number of methoxy groups -OCH3 is 2. The van der Waals surface area contributed by atoms with Gasteiger partial charge in [0, 0.05) is 25.1 Å². The summed E-state index contributed by atoms with van der Waals surface area (Å²) in [5.74, 6) is -0.130. The number of hydrogen-bond donors (Lipinski definition) is 1. The fourth-order valence-electron chi connectivity index (χ4n) is 6.66. The molecular weight excluding hydrogens is 651 g/mol. The maximum absolute atomic E-state index is 14.9. The number of ether oxygens (including phenoxy) is 2. The van der Waals surface area contributed by atoms with Gasteiger partial charge in [-0.1, -0.05) is 79.1 Å². The van der Waals surface area contributed by atoms with Gasteiger partial charge in [0.25, 0.3) is 10.0 Å². The second-order valence-electron chi connectivity index (χ2n) is 13.1. The molecular formula is C40H47N3O6S. The van der Waals surface area contributed by atoms with E-state index in [1.165, 1.54) is 32.4 Å². The molecule has 0 unspecified atom stereocenters. The van der Waals surface area contributed by atoms with Crippen molar-refractivity contribution in [2.45, 2.75) is 76.4 Å². The Labute approximate surface area is 296 Å². The second-order valence-corrected chi connectivity index (χ2v) is 14.9. The Balaban J connectivity index is 1.60. The number of rotatable bonds is 14. The minimum Gasteiger partial charge on any atom is -0.493 e. The Morgan fingerprint density at radius 3 is 2.08 bits per heavy atom. The molecule has 9 nitrogen and oxygen atoms in total. The predicted molar refractivity (Wildman–Crippen MR) is 196 cm³/mol. The molecule has 0 saturated heterocycles. The number of benzene rings is 4. The number of hydrogen-bond acceptors (Lipinski definition) is 6. The fraction of sp³-hybridized carbons (Fsp3) is 0.350. The normalized spacial score (nSPS) is 13.8. The van der Waals surface area contributed by atoms with E-state index >= 15 is 0 Å². The van der Waals surface area contributed by atoms with Gasteiger partial charge in [-0.2, -0.15) is 0 Å². The van der Waals surface area contributed by atoms with Gasteiger partial charge in [0.2, 0.25) is 11.8 Å². The molecule has 0 aliphatic heterocycles. The number of nitrogens with one attached hydrogen (secondary N) is 1. The lowest BCUT2D eigenvalue weighted by Crippen LogP contribution is -2.54. The topological polar surface area (TPSA) is 105 Å². The Morgan fingerprint density at radius 2 is 1.44 bits per heavy atom. The molecule has 2 amide bonds. The van der Waals surface area contributed by atoms with E-state index in [0.717, 1.165) is 57.8 Å². The molecule has 1 N–H and O–H groups in total. The van der Waals surface area contributed by atoms with Crippen molar-refractivity contribution < 1.29 is 27.5 Å². The van der Waals surface area contributed by atoms with E-state index in [9.17, 15) is 18.0 Å². The van der Waals surface area contributed by atoms with Gasteiger partial charge in [-0.05, 0) is 80.1 Å². The molecule has 1 fully saturated rings. The van der Waals surface area contributed by atoms with Crippen LogP contribution in [-0.4, -0.2) is 58.0 Å². The SMILES string of the molecule is COc1ccc(S(=O)(=O)N(CC(=O)N(Cc2cccc(C)c2)[C@@H](Cc2ccccc2)C(=O)NC2CCCC2)c2cc(C)cc(C)c2)cc1OC. The average molecular weight is 698 g/mol. The van der Waals surface area contributed by atoms with Gasteiger partial charge in [-0.25, -0.2) is 8.42 Å². The lowest BCUT2D eigenvalue weighted by atomic mass is 10.0. The van der Waals surface area contributed by atoms with Crippen molar-refractivity contribution in [2.75, 3.05) is 25.1 Å². The van der Waals surface area contributed by atoms with Gasteiger partial charge >= 0.3 is 0 Å². The zero-order chi connectivity index (χ0) is 35.8. The molecule has 4 aromatic carbocycles. The molecule has 10 heteroatoms. The van der Waals surface area contributed by atoms with E-state index in [2.05, 4.69) is 5.32 Å². The molecule has 1 saturated carbocycles. The minimum absolute atomic E-state index is 0.0360. The van der Waals surface area contributed by atoms with Crippen LogP contribution in [0.3, 0.4) is 0 Å². The molecule has 264 valence electrons. The second kappa shape index (κ2) is 16.3. The first kappa shape index (κ1) is 36.5. The fourth-order valence-corrected chi connectivity index (χ4v) is 8.07. The summed E-state index contributed by atoms with van der Waals surface area (Å²) in [6, 6.07) is 26.3. The van der Waals surface area contributed by atoms with Crippen LogP contribution in [0.25, 0.3) is 0 Å². The number of sulfonamides is 1. The zero-order valence-corrected chi connectivity index (χ0v) is 30.3. The van der Waals surface area contributed by atoms with Crippen molar-refractivity contribution in [3.63, 3.8) is 0 Å². The highest BCUT2D eigenvalue weighted by molar-refractivity contribution is 7.92. The van der Waals surface area contributed by atoms with Gasteiger partial charge in [0.15, 0.2) is 11.5 Å². The molecule has 1 aliphatic rings. The summed E-state index contributed by atoms with van der Waals surface area (Å²) in [6.07, 6.45) is 4.13. The van der Waals surface area contributed by atoms with E-state index < -0.39 is 28.5 Å². The minimum atomic E-state index is -4.33.